The molecule has 1 saturated heterocycles. The second kappa shape index (κ2) is 5.96. The van der Waals surface area contributed by atoms with Crippen molar-refractivity contribution in [2.24, 2.45) is 5.92 Å². The average Bonchev–Trinajstić information content (AvgIpc) is 2.37. The van der Waals surface area contributed by atoms with Gasteiger partial charge in [0.05, 0.1) is 0 Å². The monoisotopic (exact) mass is 274 g/mol. The number of nitrogens with one attached hydrogen (secondary N) is 2. The Morgan fingerprint density at radius 1 is 1.25 bits per heavy atom. The number of hydrogen-bond donors (Lipinski definition) is 2. The number of rotatable bonds is 2. The molecule has 20 heavy (non-hydrogen) atoms. The summed E-state index contributed by atoms with van der Waals surface area (Å²) in [5, 5.41) is 6.55. The quantitative estimate of drug-likeness (QED) is 0.870. The molecule has 0 radical (unpaired) electrons. The average molecular weight is 274 g/mol. The molecule has 3 nitrogen and oxygen atoms in total. The fourth-order valence-corrected chi connectivity index (χ4v) is 2.86. The lowest BCUT2D eigenvalue weighted by atomic mass is 9.83. The first kappa shape index (κ1) is 15.0. The van der Waals surface area contributed by atoms with Gasteiger partial charge in [-0.05, 0) is 35.9 Å². The summed E-state index contributed by atoms with van der Waals surface area (Å²) in [6.07, 6.45) is 1.05. The summed E-state index contributed by atoms with van der Waals surface area (Å²) in [4.78, 5) is 12.5. The van der Waals surface area contributed by atoms with Crippen molar-refractivity contribution in [2.45, 2.75) is 45.6 Å². The largest absolute Gasteiger partial charge is 0.348 e. The van der Waals surface area contributed by atoms with E-state index in [1.807, 2.05) is 18.2 Å². The van der Waals surface area contributed by atoms with Crippen molar-refractivity contribution in [3.8, 4) is 0 Å². The molecule has 1 amide bonds. The molecule has 110 valence electrons. The van der Waals surface area contributed by atoms with Crippen LogP contribution in [0.5, 0.6) is 0 Å². The van der Waals surface area contributed by atoms with Gasteiger partial charge in [0.25, 0.3) is 5.91 Å². The van der Waals surface area contributed by atoms with Crippen LogP contribution in [0.15, 0.2) is 24.3 Å². The molecule has 1 heterocycles. The molecule has 2 atom stereocenters. The van der Waals surface area contributed by atoms with Crippen molar-refractivity contribution in [3.63, 3.8) is 0 Å². The molecule has 0 aliphatic carbocycles. The lowest BCUT2D eigenvalue weighted by molar-refractivity contribution is 0.0923. The molecule has 1 aromatic rings. The Kier molecular flexibility index (Phi) is 4.48. The standard InChI is InChI=1S/C17H26N2O/c1-12-9-13(11-18-10-12)19-16(20)14-7-5-6-8-15(14)17(2,3)4/h5-8,12-13,18H,9-11H2,1-4H3,(H,19,20). The minimum absolute atomic E-state index is 0.0218. The summed E-state index contributed by atoms with van der Waals surface area (Å²) in [7, 11) is 0. The van der Waals surface area contributed by atoms with Crippen LogP contribution in [-0.4, -0.2) is 25.0 Å². The van der Waals surface area contributed by atoms with Crippen LogP contribution in [0.2, 0.25) is 0 Å². The summed E-state index contributed by atoms with van der Waals surface area (Å²) >= 11 is 0. The Hall–Kier alpha value is -1.35. The maximum Gasteiger partial charge on any atom is 0.251 e. The number of benzene rings is 1. The van der Waals surface area contributed by atoms with E-state index < -0.39 is 0 Å². The SMILES string of the molecule is CC1CNCC(NC(=O)c2ccccc2C(C)(C)C)C1. The van der Waals surface area contributed by atoms with E-state index in [2.05, 4.69) is 44.4 Å². The molecule has 2 N–H and O–H groups in total. The Bertz CT molecular complexity index is 476. The number of piperidine rings is 1. The van der Waals surface area contributed by atoms with Gasteiger partial charge in [-0.3, -0.25) is 4.79 Å². The molecular formula is C17H26N2O. The second-order valence-corrected chi connectivity index (χ2v) is 6.97. The normalized spacial score (nSPS) is 23.4. The van der Waals surface area contributed by atoms with Crippen LogP contribution in [0.4, 0.5) is 0 Å². The number of carbonyl (C=O) groups is 1. The highest BCUT2D eigenvalue weighted by molar-refractivity contribution is 5.96. The zero-order chi connectivity index (χ0) is 14.8. The highest BCUT2D eigenvalue weighted by Gasteiger charge is 2.24. The zero-order valence-electron chi connectivity index (χ0n) is 13.0. The van der Waals surface area contributed by atoms with E-state index in [1.165, 1.54) is 0 Å². The minimum Gasteiger partial charge on any atom is -0.348 e. The van der Waals surface area contributed by atoms with Gasteiger partial charge in [-0.25, -0.2) is 0 Å². The van der Waals surface area contributed by atoms with Crippen molar-refractivity contribution >= 4 is 5.91 Å². The third kappa shape index (κ3) is 3.60. The fourth-order valence-electron chi connectivity index (χ4n) is 2.86. The predicted octanol–water partition coefficient (Wildman–Crippen LogP) is 2.71. The molecule has 0 spiro atoms. The van der Waals surface area contributed by atoms with Gasteiger partial charge in [-0.1, -0.05) is 45.9 Å². The van der Waals surface area contributed by atoms with E-state index in [0.717, 1.165) is 30.6 Å². The van der Waals surface area contributed by atoms with E-state index in [4.69, 9.17) is 0 Å². The molecule has 1 aliphatic heterocycles. The van der Waals surface area contributed by atoms with E-state index in [9.17, 15) is 4.79 Å². The van der Waals surface area contributed by atoms with Gasteiger partial charge in [-0.2, -0.15) is 0 Å². The van der Waals surface area contributed by atoms with E-state index in [-0.39, 0.29) is 17.4 Å². The van der Waals surface area contributed by atoms with Crippen molar-refractivity contribution < 1.29 is 4.79 Å². The third-order valence-electron chi connectivity index (χ3n) is 3.89. The van der Waals surface area contributed by atoms with Crippen LogP contribution in [0, 0.1) is 5.92 Å². The fraction of sp³-hybridized carbons (Fsp3) is 0.588. The Labute approximate surface area is 122 Å². The first-order valence-electron chi connectivity index (χ1n) is 7.49. The highest BCUT2D eigenvalue weighted by atomic mass is 16.1. The smallest absolute Gasteiger partial charge is 0.251 e. The van der Waals surface area contributed by atoms with Gasteiger partial charge in [-0.15, -0.1) is 0 Å². The Balaban J connectivity index is 2.13. The van der Waals surface area contributed by atoms with Gasteiger partial charge in [0.1, 0.15) is 0 Å². The topological polar surface area (TPSA) is 41.1 Å². The lowest BCUT2D eigenvalue weighted by Crippen LogP contribution is -2.48. The highest BCUT2D eigenvalue weighted by Crippen LogP contribution is 2.25. The van der Waals surface area contributed by atoms with Crippen LogP contribution in [0.3, 0.4) is 0 Å². The molecule has 1 aromatic carbocycles. The molecule has 1 aliphatic rings. The number of amides is 1. The Morgan fingerprint density at radius 2 is 1.95 bits per heavy atom. The van der Waals surface area contributed by atoms with E-state index in [0.29, 0.717) is 5.92 Å². The van der Waals surface area contributed by atoms with Crippen LogP contribution in [0.1, 0.15) is 50.0 Å². The molecule has 0 aromatic heterocycles. The van der Waals surface area contributed by atoms with Crippen LogP contribution >= 0.6 is 0 Å². The number of carbonyl (C=O) groups excluding carboxylic acids is 1. The molecule has 1 fully saturated rings. The van der Waals surface area contributed by atoms with Crippen molar-refractivity contribution in [1.29, 1.82) is 0 Å². The van der Waals surface area contributed by atoms with Crippen molar-refractivity contribution in [3.05, 3.63) is 35.4 Å². The van der Waals surface area contributed by atoms with E-state index in [1.54, 1.807) is 0 Å². The zero-order valence-corrected chi connectivity index (χ0v) is 13.0. The van der Waals surface area contributed by atoms with Gasteiger partial charge >= 0.3 is 0 Å². The predicted molar refractivity (Wildman–Crippen MR) is 83.0 cm³/mol. The van der Waals surface area contributed by atoms with Crippen LogP contribution in [0.25, 0.3) is 0 Å². The summed E-state index contributed by atoms with van der Waals surface area (Å²) in [5.41, 5.74) is 1.89. The molecule has 3 heteroatoms. The summed E-state index contributed by atoms with van der Waals surface area (Å²) in [6.45, 7) is 10.6. The van der Waals surface area contributed by atoms with Crippen LogP contribution in [-0.2, 0) is 5.41 Å². The van der Waals surface area contributed by atoms with Gasteiger partial charge < -0.3 is 10.6 Å². The molecule has 0 saturated carbocycles. The summed E-state index contributed by atoms with van der Waals surface area (Å²) < 4.78 is 0. The molecule has 2 rings (SSSR count). The second-order valence-electron chi connectivity index (χ2n) is 6.97. The van der Waals surface area contributed by atoms with Gasteiger partial charge in [0.2, 0.25) is 0 Å². The maximum absolute atomic E-state index is 12.5. The first-order chi connectivity index (χ1) is 9.38. The third-order valence-corrected chi connectivity index (χ3v) is 3.89. The van der Waals surface area contributed by atoms with E-state index >= 15 is 0 Å². The summed E-state index contributed by atoms with van der Waals surface area (Å²) in [5.74, 6) is 0.670. The van der Waals surface area contributed by atoms with Gasteiger partial charge in [0.15, 0.2) is 0 Å². The first-order valence-corrected chi connectivity index (χ1v) is 7.49. The minimum atomic E-state index is -0.0218. The maximum atomic E-state index is 12.5. The lowest BCUT2D eigenvalue weighted by Gasteiger charge is -2.29. The molecular weight excluding hydrogens is 248 g/mol. The number of hydrogen-bond acceptors (Lipinski definition) is 2. The summed E-state index contributed by atoms with van der Waals surface area (Å²) in [6, 6.07) is 8.15. The Morgan fingerprint density at radius 3 is 2.60 bits per heavy atom. The van der Waals surface area contributed by atoms with Crippen LogP contribution < -0.4 is 10.6 Å². The van der Waals surface area contributed by atoms with Gasteiger partial charge in [0, 0.05) is 18.2 Å². The van der Waals surface area contributed by atoms with Crippen molar-refractivity contribution in [1.82, 2.24) is 10.6 Å². The molecule has 2 unspecified atom stereocenters. The van der Waals surface area contributed by atoms with Crippen molar-refractivity contribution in [2.75, 3.05) is 13.1 Å². The molecule has 0 bridgehead atoms.